The first-order valence-electron chi connectivity index (χ1n) is 7.49. The van der Waals surface area contributed by atoms with Crippen LogP contribution in [0.25, 0.3) is 0 Å². The Morgan fingerprint density at radius 3 is 2.43 bits per heavy atom. The number of methoxy groups -OCH3 is 1. The second-order valence-corrected chi connectivity index (χ2v) is 6.70. The Morgan fingerprint density at radius 1 is 1.17 bits per heavy atom. The molecule has 6 nitrogen and oxygen atoms in total. The summed E-state index contributed by atoms with van der Waals surface area (Å²) in [6.45, 7) is 1.67. The van der Waals surface area contributed by atoms with Gasteiger partial charge in [-0.3, -0.25) is 14.5 Å². The zero-order chi connectivity index (χ0) is 16.4. The number of esters is 1. The predicted octanol–water partition coefficient (Wildman–Crippen LogP) is 1.15. The highest BCUT2D eigenvalue weighted by Crippen LogP contribution is 2.27. The number of thioether (sulfide) groups is 1. The molecule has 2 fully saturated rings. The monoisotopic (exact) mass is 334 g/mol. The van der Waals surface area contributed by atoms with E-state index >= 15 is 0 Å². The van der Waals surface area contributed by atoms with Crippen molar-refractivity contribution in [1.82, 2.24) is 4.90 Å². The van der Waals surface area contributed by atoms with Gasteiger partial charge in [-0.25, -0.2) is 9.69 Å². The molecule has 23 heavy (non-hydrogen) atoms. The van der Waals surface area contributed by atoms with Gasteiger partial charge in [0, 0.05) is 24.6 Å². The van der Waals surface area contributed by atoms with E-state index in [9.17, 15) is 14.4 Å². The number of anilines is 1. The van der Waals surface area contributed by atoms with Gasteiger partial charge in [0.1, 0.15) is 0 Å². The summed E-state index contributed by atoms with van der Waals surface area (Å²) in [6, 6.07) is 5.98. The molecule has 7 heteroatoms. The molecule has 0 aromatic heterocycles. The Labute approximate surface area is 138 Å². The Hall–Kier alpha value is -1.86. The van der Waals surface area contributed by atoms with E-state index in [-0.39, 0.29) is 24.3 Å². The lowest BCUT2D eigenvalue weighted by molar-refractivity contribution is -0.122. The lowest BCUT2D eigenvalue weighted by Gasteiger charge is -2.30. The SMILES string of the molecule is COC(=O)c1ccc(N2C(=O)C[C@H](N3CCSCC3)C2=O)cc1. The van der Waals surface area contributed by atoms with E-state index in [2.05, 4.69) is 9.64 Å². The van der Waals surface area contributed by atoms with Crippen LogP contribution in [0.3, 0.4) is 0 Å². The third-order valence-electron chi connectivity index (χ3n) is 4.16. The van der Waals surface area contributed by atoms with Crippen molar-refractivity contribution in [2.24, 2.45) is 0 Å². The van der Waals surface area contributed by atoms with Crippen LogP contribution >= 0.6 is 11.8 Å². The number of hydrogen-bond acceptors (Lipinski definition) is 6. The largest absolute Gasteiger partial charge is 0.465 e. The molecule has 0 aliphatic carbocycles. The smallest absolute Gasteiger partial charge is 0.337 e. The number of hydrogen-bond donors (Lipinski definition) is 0. The van der Waals surface area contributed by atoms with Crippen LogP contribution in [0, 0.1) is 0 Å². The van der Waals surface area contributed by atoms with Crippen LogP contribution in [0.1, 0.15) is 16.8 Å². The molecule has 0 bridgehead atoms. The maximum Gasteiger partial charge on any atom is 0.337 e. The molecule has 0 N–H and O–H groups in total. The van der Waals surface area contributed by atoms with Gasteiger partial charge in [-0.2, -0.15) is 11.8 Å². The molecule has 3 rings (SSSR count). The van der Waals surface area contributed by atoms with E-state index < -0.39 is 5.97 Å². The molecule has 2 aliphatic rings. The molecular weight excluding hydrogens is 316 g/mol. The van der Waals surface area contributed by atoms with Gasteiger partial charge in [-0.05, 0) is 24.3 Å². The zero-order valence-electron chi connectivity index (χ0n) is 12.9. The first-order valence-corrected chi connectivity index (χ1v) is 8.64. The fraction of sp³-hybridized carbons (Fsp3) is 0.438. The van der Waals surface area contributed by atoms with Gasteiger partial charge in [0.2, 0.25) is 5.91 Å². The predicted molar refractivity (Wildman–Crippen MR) is 87.6 cm³/mol. The van der Waals surface area contributed by atoms with E-state index in [1.54, 1.807) is 24.3 Å². The third kappa shape index (κ3) is 3.11. The zero-order valence-corrected chi connectivity index (χ0v) is 13.7. The number of amides is 2. The summed E-state index contributed by atoms with van der Waals surface area (Å²) in [6.07, 6.45) is 0.224. The van der Waals surface area contributed by atoms with Crippen LogP contribution in [0.5, 0.6) is 0 Å². The highest BCUT2D eigenvalue weighted by atomic mass is 32.2. The number of benzene rings is 1. The Balaban J connectivity index is 1.78. The molecule has 2 saturated heterocycles. The fourth-order valence-electron chi connectivity index (χ4n) is 2.93. The lowest BCUT2D eigenvalue weighted by atomic mass is 10.2. The van der Waals surface area contributed by atoms with E-state index in [0.717, 1.165) is 24.6 Å². The fourth-order valence-corrected chi connectivity index (χ4v) is 3.86. The second-order valence-electron chi connectivity index (χ2n) is 5.47. The molecule has 0 spiro atoms. The van der Waals surface area contributed by atoms with Gasteiger partial charge in [-0.15, -0.1) is 0 Å². The summed E-state index contributed by atoms with van der Waals surface area (Å²) in [5.74, 6) is 1.17. The Morgan fingerprint density at radius 2 is 1.83 bits per heavy atom. The lowest BCUT2D eigenvalue weighted by Crippen LogP contribution is -2.45. The Bertz CT molecular complexity index is 625. The summed E-state index contributed by atoms with van der Waals surface area (Å²) in [5, 5.41) is 0. The molecule has 2 heterocycles. The molecule has 1 atom stereocenters. The molecule has 0 unspecified atom stereocenters. The number of ether oxygens (including phenoxy) is 1. The number of carbonyl (C=O) groups is 3. The molecule has 1 aromatic rings. The summed E-state index contributed by atoms with van der Waals surface area (Å²) in [4.78, 5) is 39.7. The average molecular weight is 334 g/mol. The second kappa shape index (κ2) is 6.72. The topological polar surface area (TPSA) is 66.9 Å². The summed E-state index contributed by atoms with van der Waals surface area (Å²) < 4.78 is 4.65. The van der Waals surface area contributed by atoms with E-state index in [1.165, 1.54) is 12.0 Å². The van der Waals surface area contributed by atoms with Gasteiger partial charge in [0.25, 0.3) is 5.91 Å². The highest BCUT2D eigenvalue weighted by Gasteiger charge is 2.42. The molecule has 122 valence electrons. The molecule has 0 saturated carbocycles. The van der Waals surface area contributed by atoms with Crippen LogP contribution in [-0.2, 0) is 14.3 Å². The van der Waals surface area contributed by atoms with Crippen molar-refractivity contribution in [2.45, 2.75) is 12.5 Å². The van der Waals surface area contributed by atoms with E-state index in [4.69, 9.17) is 0 Å². The minimum atomic E-state index is -0.445. The number of rotatable bonds is 3. The van der Waals surface area contributed by atoms with Gasteiger partial charge >= 0.3 is 5.97 Å². The standard InChI is InChI=1S/C16H18N2O4S/c1-22-16(21)11-2-4-12(5-3-11)18-14(19)10-13(15(18)20)17-6-8-23-9-7-17/h2-5,13H,6-10H2,1H3/t13-/m0/s1. The number of imide groups is 1. The maximum absolute atomic E-state index is 12.7. The van der Waals surface area contributed by atoms with Gasteiger partial charge < -0.3 is 4.74 Å². The van der Waals surface area contributed by atoms with Gasteiger partial charge in [-0.1, -0.05) is 0 Å². The highest BCUT2D eigenvalue weighted by molar-refractivity contribution is 7.99. The minimum Gasteiger partial charge on any atom is -0.465 e. The van der Waals surface area contributed by atoms with Crippen LogP contribution in [0.15, 0.2) is 24.3 Å². The number of carbonyl (C=O) groups excluding carboxylic acids is 3. The van der Waals surface area contributed by atoms with Crippen molar-refractivity contribution >= 4 is 35.2 Å². The number of nitrogens with zero attached hydrogens (tertiary/aromatic N) is 2. The van der Waals surface area contributed by atoms with Gasteiger partial charge in [0.05, 0.1) is 30.8 Å². The van der Waals surface area contributed by atoms with Crippen LogP contribution in [-0.4, -0.2) is 60.4 Å². The van der Waals surface area contributed by atoms with Crippen molar-refractivity contribution in [3.05, 3.63) is 29.8 Å². The van der Waals surface area contributed by atoms with Gasteiger partial charge in [0.15, 0.2) is 0 Å². The first-order chi connectivity index (χ1) is 11.1. The quantitative estimate of drug-likeness (QED) is 0.610. The first kappa shape index (κ1) is 16.0. The van der Waals surface area contributed by atoms with Crippen molar-refractivity contribution in [3.63, 3.8) is 0 Å². The summed E-state index contributed by atoms with van der Waals surface area (Å²) in [5.41, 5.74) is 0.890. The maximum atomic E-state index is 12.7. The van der Waals surface area contributed by atoms with E-state index in [1.807, 2.05) is 11.8 Å². The third-order valence-corrected chi connectivity index (χ3v) is 5.10. The van der Waals surface area contributed by atoms with Crippen LogP contribution < -0.4 is 4.90 Å². The van der Waals surface area contributed by atoms with Crippen molar-refractivity contribution < 1.29 is 19.1 Å². The van der Waals surface area contributed by atoms with Crippen molar-refractivity contribution in [3.8, 4) is 0 Å². The van der Waals surface area contributed by atoms with E-state index in [0.29, 0.717) is 11.3 Å². The summed E-state index contributed by atoms with van der Waals surface area (Å²) in [7, 11) is 1.31. The molecule has 1 aromatic carbocycles. The van der Waals surface area contributed by atoms with Crippen molar-refractivity contribution in [1.29, 1.82) is 0 Å². The molecule has 2 aliphatic heterocycles. The van der Waals surface area contributed by atoms with Crippen LogP contribution in [0.2, 0.25) is 0 Å². The van der Waals surface area contributed by atoms with Crippen LogP contribution in [0.4, 0.5) is 5.69 Å². The molecular formula is C16H18N2O4S. The summed E-state index contributed by atoms with van der Waals surface area (Å²) >= 11 is 1.87. The average Bonchev–Trinajstić information content (AvgIpc) is 2.89. The normalized spacial score (nSPS) is 22.5. The molecule has 2 amide bonds. The van der Waals surface area contributed by atoms with Crippen molar-refractivity contribution in [2.75, 3.05) is 36.6 Å². The molecule has 0 radical (unpaired) electrons. The Kier molecular flexibility index (Phi) is 4.68. The minimum absolute atomic E-state index is 0.173.